The number of nitrogens with zero attached hydrogens (tertiary/aromatic N) is 4. The molecule has 148 valence electrons. The Morgan fingerprint density at radius 3 is 2.41 bits per heavy atom. The van der Waals surface area contributed by atoms with Gasteiger partial charge in [0.2, 0.25) is 0 Å². The van der Waals surface area contributed by atoms with Gasteiger partial charge in [0.15, 0.2) is 5.65 Å². The maximum absolute atomic E-state index is 12.4. The number of aromatic nitrogens is 3. The molecule has 0 aromatic carbocycles. The van der Waals surface area contributed by atoms with E-state index in [0.717, 1.165) is 5.69 Å². The van der Waals surface area contributed by atoms with Crippen molar-refractivity contribution in [3.05, 3.63) is 28.3 Å². The fourth-order valence-electron chi connectivity index (χ4n) is 2.74. The summed E-state index contributed by atoms with van der Waals surface area (Å²) in [6.45, 7) is 13.5. The molecule has 1 aliphatic rings. The second-order valence-electron chi connectivity index (χ2n) is 7.18. The molecule has 2 aromatic heterocycles. The molecule has 0 spiro atoms. The van der Waals surface area contributed by atoms with E-state index in [1.165, 1.54) is 0 Å². The minimum absolute atomic E-state index is 0.196. The molecule has 3 rings (SSSR count). The molecule has 0 radical (unpaired) electrons. The standard InChI is InChI=1S/C17H23N5O3.C2H6/c1-11-10-18-12-9-13(15(23)20-14(12)19-11)21-5-7-22(8-6-21)16(24)25-17(2,3)4;1-2/h9-10H,5-8H2,1-4H3,(H,19,20,23);1-2H3. The van der Waals surface area contributed by atoms with E-state index in [4.69, 9.17) is 4.74 Å². The largest absolute Gasteiger partial charge is 0.444 e. The van der Waals surface area contributed by atoms with Gasteiger partial charge in [-0.25, -0.2) is 9.78 Å². The van der Waals surface area contributed by atoms with E-state index in [9.17, 15) is 9.59 Å². The second-order valence-corrected chi connectivity index (χ2v) is 7.18. The topological polar surface area (TPSA) is 91.4 Å². The van der Waals surface area contributed by atoms with Crippen molar-refractivity contribution in [2.45, 2.75) is 47.1 Å². The molecule has 1 amide bonds. The molecule has 0 aliphatic carbocycles. The number of aromatic amines is 1. The fraction of sp³-hybridized carbons (Fsp3) is 0.579. The highest BCUT2D eigenvalue weighted by Crippen LogP contribution is 2.17. The predicted molar refractivity (Wildman–Crippen MR) is 106 cm³/mol. The number of rotatable bonds is 1. The van der Waals surface area contributed by atoms with Gasteiger partial charge in [-0.3, -0.25) is 9.78 Å². The van der Waals surface area contributed by atoms with Crippen LogP contribution in [-0.4, -0.2) is 57.7 Å². The summed E-state index contributed by atoms with van der Waals surface area (Å²) in [4.78, 5) is 39.5. The monoisotopic (exact) mass is 375 g/mol. The summed E-state index contributed by atoms with van der Waals surface area (Å²) in [6.07, 6.45) is 1.35. The number of aryl methyl sites for hydroxylation is 1. The van der Waals surface area contributed by atoms with Crippen molar-refractivity contribution in [1.82, 2.24) is 19.9 Å². The first-order valence-electron chi connectivity index (χ1n) is 9.32. The number of piperazine rings is 1. The quantitative estimate of drug-likeness (QED) is 0.824. The molecule has 0 bridgehead atoms. The number of H-pyrrole nitrogens is 1. The SMILES string of the molecule is CC.Cc1cnc2cc(N3CCN(C(=O)OC(C)(C)C)CC3)c(=O)[nH]c2n1. The van der Waals surface area contributed by atoms with E-state index in [2.05, 4.69) is 15.0 Å². The molecule has 3 heterocycles. The Balaban J connectivity index is 0.00000126. The van der Waals surface area contributed by atoms with Crippen molar-refractivity contribution in [2.75, 3.05) is 31.1 Å². The third kappa shape index (κ3) is 5.18. The van der Waals surface area contributed by atoms with Crippen LogP contribution < -0.4 is 10.5 Å². The molecule has 1 fully saturated rings. The maximum atomic E-state index is 12.4. The van der Waals surface area contributed by atoms with Crippen LogP contribution in [0.15, 0.2) is 17.1 Å². The molecule has 0 saturated carbocycles. The molecule has 2 aromatic rings. The summed E-state index contributed by atoms with van der Waals surface area (Å²) >= 11 is 0. The number of carbonyl (C=O) groups is 1. The third-order valence-corrected chi connectivity index (χ3v) is 3.93. The smallest absolute Gasteiger partial charge is 0.410 e. The molecule has 8 nitrogen and oxygen atoms in total. The molecule has 0 unspecified atom stereocenters. The van der Waals surface area contributed by atoms with Crippen LogP contribution in [0.3, 0.4) is 0 Å². The van der Waals surface area contributed by atoms with Crippen LogP contribution in [0.5, 0.6) is 0 Å². The summed E-state index contributed by atoms with van der Waals surface area (Å²) < 4.78 is 5.39. The lowest BCUT2D eigenvalue weighted by molar-refractivity contribution is 0.0240. The Kier molecular flexibility index (Phi) is 6.41. The first-order valence-corrected chi connectivity index (χ1v) is 9.32. The zero-order valence-corrected chi connectivity index (χ0v) is 17.0. The normalized spacial score (nSPS) is 14.6. The average Bonchev–Trinajstić information content (AvgIpc) is 2.61. The highest BCUT2D eigenvalue weighted by atomic mass is 16.6. The Morgan fingerprint density at radius 1 is 1.19 bits per heavy atom. The first kappa shape index (κ1) is 20.7. The number of fused-ring (bicyclic) bond motifs is 1. The summed E-state index contributed by atoms with van der Waals surface area (Å²) in [5.41, 5.74) is 1.73. The summed E-state index contributed by atoms with van der Waals surface area (Å²) in [7, 11) is 0. The van der Waals surface area contributed by atoms with E-state index in [1.807, 2.05) is 46.4 Å². The van der Waals surface area contributed by atoms with Crippen LogP contribution in [0.25, 0.3) is 11.2 Å². The lowest BCUT2D eigenvalue weighted by atomic mass is 10.2. The van der Waals surface area contributed by atoms with Gasteiger partial charge in [0.25, 0.3) is 5.56 Å². The van der Waals surface area contributed by atoms with Crippen LogP contribution >= 0.6 is 0 Å². The van der Waals surface area contributed by atoms with Gasteiger partial charge < -0.3 is 19.5 Å². The van der Waals surface area contributed by atoms with Gasteiger partial charge in [0.1, 0.15) is 16.8 Å². The van der Waals surface area contributed by atoms with Gasteiger partial charge in [0.05, 0.1) is 5.69 Å². The number of amides is 1. The second kappa shape index (κ2) is 8.37. The Labute approximate surface area is 159 Å². The van der Waals surface area contributed by atoms with Gasteiger partial charge in [-0.15, -0.1) is 0 Å². The van der Waals surface area contributed by atoms with Crippen LogP contribution in [0.4, 0.5) is 10.5 Å². The number of ether oxygens (including phenoxy) is 1. The van der Waals surface area contributed by atoms with Gasteiger partial charge in [-0.1, -0.05) is 13.8 Å². The number of nitrogens with one attached hydrogen (secondary N) is 1. The Bertz CT molecular complexity index is 849. The maximum Gasteiger partial charge on any atom is 0.410 e. The van der Waals surface area contributed by atoms with Crippen molar-refractivity contribution >= 4 is 22.9 Å². The summed E-state index contributed by atoms with van der Waals surface area (Å²) in [5.74, 6) is 0. The molecule has 8 heteroatoms. The summed E-state index contributed by atoms with van der Waals surface area (Å²) in [6, 6.07) is 1.75. The number of hydrogen-bond acceptors (Lipinski definition) is 6. The molecule has 27 heavy (non-hydrogen) atoms. The van der Waals surface area contributed by atoms with E-state index in [1.54, 1.807) is 17.2 Å². The first-order chi connectivity index (χ1) is 12.7. The van der Waals surface area contributed by atoms with Crippen LogP contribution in [0.1, 0.15) is 40.3 Å². The number of hydrogen-bond donors (Lipinski definition) is 1. The van der Waals surface area contributed by atoms with Crippen LogP contribution in [0, 0.1) is 6.92 Å². The average molecular weight is 375 g/mol. The van der Waals surface area contributed by atoms with Crippen molar-refractivity contribution in [3.63, 3.8) is 0 Å². The van der Waals surface area contributed by atoms with Gasteiger partial charge in [0, 0.05) is 32.4 Å². The van der Waals surface area contributed by atoms with Crippen molar-refractivity contribution < 1.29 is 9.53 Å². The number of pyridine rings is 1. The minimum atomic E-state index is -0.513. The predicted octanol–water partition coefficient (Wildman–Crippen LogP) is 2.71. The zero-order chi connectivity index (χ0) is 20.2. The number of carbonyl (C=O) groups excluding carboxylic acids is 1. The molecule has 0 atom stereocenters. The van der Waals surface area contributed by atoms with E-state index in [-0.39, 0.29) is 11.7 Å². The fourth-order valence-corrected chi connectivity index (χ4v) is 2.74. The molecule has 1 aliphatic heterocycles. The molecule has 1 N–H and O–H groups in total. The van der Waals surface area contributed by atoms with E-state index >= 15 is 0 Å². The number of anilines is 1. The van der Waals surface area contributed by atoms with Crippen molar-refractivity contribution in [3.8, 4) is 0 Å². The molecular formula is C19H29N5O3. The van der Waals surface area contributed by atoms with Crippen molar-refractivity contribution in [2.24, 2.45) is 0 Å². The Hall–Kier alpha value is -2.64. The lowest BCUT2D eigenvalue weighted by Gasteiger charge is -2.36. The van der Waals surface area contributed by atoms with Gasteiger partial charge in [-0.2, -0.15) is 0 Å². The van der Waals surface area contributed by atoms with E-state index < -0.39 is 5.60 Å². The third-order valence-electron chi connectivity index (χ3n) is 3.93. The van der Waals surface area contributed by atoms with E-state index in [0.29, 0.717) is 43.0 Å². The van der Waals surface area contributed by atoms with Gasteiger partial charge >= 0.3 is 6.09 Å². The molecule has 1 saturated heterocycles. The van der Waals surface area contributed by atoms with Gasteiger partial charge in [-0.05, 0) is 33.8 Å². The van der Waals surface area contributed by atoms with Crippen LogP contribution in [0.2, 0.25) is 0 Å². The summed E-state index contributed by atoms with van der Waals surface area (Å²) in [5, 5.41) is 0. The lowest BCUT2D eigenvalue weighted by Crippen LogP contribution is -2.51. The Morgan fingerprint density at radius 2 is 1.81 bits per heavy atom. The van der Waals surface area contributed by atoms with Crippen LogP contribution in [-0.2, 0) is 4.74 Å². The minimum Gasteiger partial charge on any atom is -0.444 e. The zero-order valence-electron chi connectivity index (χ0n) is 17.0. The van der Waals surface area contributed by atoms with Crippen molar-refractivity contribution in [1.29, 1.82) is 0 Å². The highest BCUT2D eigenvalue weighted by Gasteiger charge is 2.26. The molecular weight excluding hydrogens is 346 g/mol. The highest BCUT2D eigenvalue weighted by molar-refractivity contribution is 5.74.